The fourth-order valence-corrected chi connectivity index (χ4v) is 2.36. The molecule has 3 rings (SSSR count). The zero-order chi connectivity index (χ0) is 11.8. The highest BCUT2D eigenvalue weighted by molar-refractivity contribution is 6.31. The Hall–Kier alpha value is -1.38. The van der Waals surface area contributed by atoms with E-state index in [1.165, 1.54) is 0 Å². The van der Waals surface area contributed by atoms with Crippen molar-refractivity contribution in [1.29, 1.82) is 0 Å². The third kappa shape index (κ3) is 2.02. The Morgan fingerprint density at radius 2 is 1.78 bits per heavy atom. The highest BCUT2D eigenvalue weighted by Gasteiger charge is 2.14. The average molecular weight is 279 g/mol. The summed E-state index contributed by atoms with van der Waals surface area (Å²) in [6.07, 6.45) is 0. The Kier molecular flexibility index (Phi) is 3.69. The molecule has 0 fully saturated rings. The van der Waals surface area contributed by atoms with Gasteiger partial charge in [-0.15, -0.1) is 0 Å². The number of para-hydroxylation sites is 2. The molecule has 0 saturated carbocycles. The van der Waals surface area contributed by atoms with Crippen molar-refractivity contribution in [3.8, 4) is 0 Å². The van der Waals surface area contributed by atoms with Crippen LogP contribution >= 0.6 is 11.6 Å². The van der Waals surface area contributed by atoms with Gasteiger partial charge >= 0.3 is 0 Å². The van der Waals surface area contributed by atoms with E-state index in [9.17, 15) is 0 Å². The normalized spacial score (nSPS) is 10.6. The summed E-state index contributed by atoms with van der Waals surface area (Å²) < 4.78 is 2.24. The van der Waals surface area contributed by atoms with Crippen molar-refractivity contribution in [2.45, 2.75) is 13.5 Å². The van der Waals surface area contributed by atoms with E-state index in [1.807, 2.05) is 36.4 Å². The van der Waals surface area contributed by atoms with Crippen molar-refractivity contribution in [1.82, 2.24) is 4.98 Å². The van der Waals surface area contributed by atoms with Crippen LogP contribution in [0.1, 0.15) is 6.92 Å². The predicted molar refractivity (Wildman–Crippen MR) is 70.1 cm³/mol. The molecule has 0 N–H and O–H groups in total. The second kappa shape index (κ2) is 5.09. The van der Waals surface area contributed by atoms with Crippen LogP contribution in [-0.4, -0.2) is 4.98 Å². The van der Waals surface area contributed by atoms with Gasteiger partial charge in [0.2, 0.25) is 11.0 Å². The van der Waals surface area contributed by atoms with Crippen molar-refractivity contribution >= 4 is 33.7 Å². The second-order valence-corrected chi connectivity index (χ2v) is 4.41. The molecule has 0 aliphatic carbocycles. The monoisotopic (exact) mass is 278 g/mol. The smallest absolute Gasteiger partial charge is 0.233 e. The van der Waals surface area contributed by atoms with Crippen molar-refractivity contribution in [3.05, 3.63) is 47.5 Å². The summed E-state index contributed by atoms with van der Waals surface area (Å²) in [5.41, 5.74) is 4.22. The molecule has 18 heavy (non-hydrogen) atoms. The van der Waals surface area contributed by atoms with Crippen LogP contribution in [0.15, 0.2) is 42.5 Å². The molecular weight excluding hydrogens is 267 g/mol. The van der Waals surface area contributed by atoms with Gasteiger partial charge in [0, 0.05) is 17.2 Å². The van der Waals surface area contributed by atoms with Crippen LogP contribution in [0.3, 0.4) is 0 Å². The van der Waals surface area contributed by atoms with E-state index in [2.05, 4.69) is 22.5 Å². The second-order valence-electron chi connectivity index (χ2n) is 3.98. The molecule has 1 heterocycles. The van der Waals surface area contributed by atoms with Crippen molar-refractivity contribution in [2.24, 2.45) is 0 Å². The predicted octanol–water partition coefficient (Wildman–Crippen LogP) is 0.353. The summed E-state index contributed by atoms with van der Waals surface area (Å²) in [7, 11) is 0. The third-order valence-corrected chi connectivity index (χ3v) is 3.19. The van der Waals surface area contributed by atoms with E-state index in [0.29, 0.717) is 0 Å². The highest BCUT2D eigenvalue weighted by Crippen LogP contribution is 2.18. The Morgan fingerprint density at radius 1 is 1.06 bits per heavy atom. The van der Waals surface area contributed by atoms with Crippen molar-refractivity contribution < 1.29 is 17.0 Å². The molecule has 0 saturated heterocycles. The number of hydrogen-bond donors (Lipinski definition) is 0. The highest BCUT2D eigenvalue weighted by atomic mass is 35.5. The minimum Gasteiger partial charge on any atom is -1.00 e. The van der Waals surface area contributed by atoms with E-state index in [-0.39, 0.29) is 12.4 Å². The summed E-state index contributed by atoms with van der Waals surface area (Å²) in [6.45, 7) is 3.03. The maximum atomic E-state index is 6.06. The maximum absolute atomic E-state index is 6.06. The Morgan fingerprint density at radius 3 is 2.56 bits per heavy atom. The Bertz CT molecular complexity index is 711. The molecule has 92 valence electrons. The van der Waals surface area contributed by atoms with E-state index in [4.69, 9.17) is 11.6 Å². The number of fused-ring (bicyclic) bond motifs is 2. The number of halogens is 2. The van der Waals surface area contributed by atoms with Gasteiger partial charge in [0.1, 0.15) is 17.6 Å². The first-order valence-electron chi connectivity index (χ1n) is 5.67. The van der Waals surface area contributed by atoms with Gasteiger partial charge in [-0.2, -0.15) is 4.57 Å². The number of hydrogen-bond acceptors (Lipinski definition) is 1. The molecule has 0 aliphatic heterocycles. The lowest BCUT2D eigenvalue weighted by Gasteiger charge is -2.03. The summed E-state index contributed by atoms with van der Waals surface area (Å²) in [6, 6.07) is 14.0. The van der Waals surface area contributed by atoms with Crippen LogP contribution < -0.4 is 17.0 Å². The maximum Gasteiger partial charge on any atom is 0.233 e. The van der Waals surface area contributed by atoms with E-state index in [1.54, 1.807) is 0 Å². The Labute approximate surface area is 117 Å². The molecule has 0 amide bonds. The average Bonchev–Trinajstić information content (AvgIpc) is 2.36. The molecule has 3 aromatic rings. The summed E-state index contributed by atoms with van der Waals surface area (Å²) in [5, 5.41) is 0.747. The summed E-state index contributed by atoms with van der Waals surface area (Å²) >= 11 is 6.06. The molecule has 1 aromatic heterocycles. The van der Waals surface area contributed by atoms with Crippen LogP contribution in [-0.2, 0) is 6.54 Å². The first-order chi connectivity index (χ1) is 8.29. The van der Waals surface area contributed by atoms with E-state index in [0.717, 1.165) is 33.6 Å². The minimum atomic E-state index is 0. The SMILES string of the molecule is CC[n+]1c2ccccc2nc2ccc(Cl)cc21.[Cl-]. The Balaban J connectivity index is 0.00000120. The van der Waals surface area contributed by atoms with Crippen molar-refractivity contribution in [2.75, 3.05) is 0 Å². The minimum absolute atomic E-state index is 0. The van der Waals surface area contributed by atoms with E-state index >= 15 is 0 Å². The number of rotatable bonds is 1. The van der Waals surface area contributed by atoms with Gasteiger partial charge in [0.25, 0.3) is 0 Å². The fourth-order valence-electron chi connectivity index (χ4n) is 2.19. The third-order valence-electron chi connectivity index (χ3n) is 2.96. The molecule has 0 atom stereocenters. The summed E-state index contributed by atoms with van der Waals surface area (Å²) in [5.74, 6) is 0. The van der Waals surface area contributed by atoms with Gasteiger partial charge in [-0.05, 0) is 25.1 Å². The molecule has 0 spiro atoms. The zero-order valence-electron chi connectivity index (χ0n) is 9.90. The molecular formula is C14H12Cl2N2. The quantitative estimate of drug-likeness (QED) is 0.464. The first kappa shape index (κ1) is 13.1. The molecule has 4 heteroatoms. The van der Waals surface area contributed by atoms with Crippen LogP contribution in [0.25, 0.3) is 22.1 Å². The van der Waals surface area contributed by atoms with Gasteiger partial charge in [-0.3, -0.25) is 0 Å². The van der Waals surface area contributed by atoms with E-state index < -0.39 is 0 Å². The van der Waals surface area contributed by atoms with Gasteiger partial charge in [0.05, 0.1) is 0 Å². The topological polar surface area (TPSA) is 16.8 Å². The number of nitrogens with zero attached hydrogens (tertiary/aromatic N) is 2. The first-order valence-corrected chi connectivity index (χ1v) is 6.05. The molecule has 0 radical (unpaired) electrons. The van der Waals surface area contributed by atoms with Crippen molar-refractivity contribution in [3.63, 3.8) is 0 Å². The fraction of sp³-hybridized carbons (Fsp3) is 0.143. The van der Waals surface area contributed by atoms with Gasteiger partial charge in [0.15, 0.2) is 0 Å². The lowest BCUT2D eigenvalue weighted by Crippen LogP contribution is -3.00. The van der Waals surface area contributed by atoms with Crippen LogP contribution in [0.4, 0.5) is 0 Å². The largest absolute Gasteiger partial charge is 1.00 e. The van der Waals surface area contributed by atoms with Crippen LogP contribution in [0.5, 0.6) is 0 Å². The van der Waals surface area contributed by atoms with Crippen LogP contribution in [0.2, 0.25) is 5.02 Å². The molecule has 0 bridgehead atoms. The number of aryl methyl sites for hydroxylation is 1. The molecule has 0 unspecified atom stereocenters. The molecule has 2 nitrogen and oxygen atoms in total. The molecule has 2 aromatic carbocycles. The lowest BCUT2D eigenvalue weighted by atomic mass is 10.2. The van der Waals surface area contributed by atoms with Gasteiger partial charge in [-0.25, -0.2) is 4.98 Å². The molecule has 0 aliphatic rings. The standard InChI is InChI=1S/C14H12ClN2.ClH/c1-2-17-13-6-4-3-5-11(13)16-12-8-7-10(15)9-14(12)17;/h3-9H,2H2,1H3;1H/q+1;/p-1. The lowest BCUT2D eigenvalue weighted by molar-refractivity contribution is -0.641. The summed E-state index contributed by atoms with van der Waals surface area (Å²) in [4.78, 5) is 4.65. The van der Waals surface area contributed by atoms with Crippen LogP contribution in [0, 0.1) is 0 Å². The zero-order valence-corrected chi connectivity index (χ0v) is 11.4. The number of aromatic nitrogens is 2. The van der Waals surface area contributed by atoms with Gasteiger partial charge in [-0.1, -0.05) is 23.7 Å². The van der Waals surface area contributed by atoms with Gasteiger partial charge < -0.3 is 12.4 Å². The number of benzene rings is 2.